The van der Waals surface area contributed by atoms with Crippen LogP contribution in [-0.4, -0.2) is 14.3 Å². The van der Waals surface area contributed by atoms with Crippen LogP contribution in [0.25, 0.3) is 0 Å². The van der Waals surface area contributed by atoms with Gasteiger partial charge in [-0.05, 0) is 19.1 Å². The van der Waals surface area contributed by atoms with E-state index < -0.39 is 0 Å². The first-order chi connectivity index (χ1) is 5.43. The normalized spacial score (nSPS) is 9.18. The monoisotopic (exact) mass is 149 g/mol. The largest absolute Gasteiger partial charge is 0.572 e. The fourth-order valence-corrected chi connectivity index (χ4v) is 0.657. The molecule has 1 aromatic carbocycles. The van der Waals surface area contributed by atoms with Crippen molar-refractivity contribution in [2.45, 2.75) is 6.92 Å². The van der Waals surface area contributed by atoms with Crippen LogP contribution >= 0.6 is 0 Å². The molecule has 0 atom stereocenters. The first-order valence-electron chi connectivity index (χ1n) is 3.58. The van der Waals surface area contributed by atoms with Crippen LogP contribution in [0.1, 0.15) is 6.92 Å². The predicted octanol–water partition coefficient (Wildman–Crippen LogP) is 1.64. The molecule has 0 unspecified atom stereocenters. The number of hydrogen-bond donors (Lipinski definition) is 0. The highest BCUT2D eigenvalue weighted by Gasteiger charge is 1.93. The molecule has 2 nitrogen and oxygen atoms in total. The van der Waals surface area contributed by atoms with E-state index in [1.54, 1.807) is 0 Å². The van der Waals surface area contributed by atoms with E-state index in [1.807, 2.05) is 37.3 Å². The Morgan fingerprint density at radius 1 is 1.27 bits per heavy atom. The summed E-state index contributed by atoms with van der Waals surface area (Å²) in [5.41, 5.74) is 0. The lowest BCUT2D eigenvalue weighted by atomic mass is 10.3. The van der Waals surface area contributed by atoms with E-state index in [1.165, 1.54) is 7.69 Å². The number of para-hydroxylation sites is 1. The van der Waals surface area contributed by atoms with Gasteiger partial charge < -0.3 is 9.31 Å². The highest BCUT2D eigenvalue weighted by atomic mass is 16.6. The van der Waals surface area contributed by atoms with Gasteiger partial charge in [0, 0.05) is 6.61 Å². The average molecular weight is 149 g/mol. The Morgan fingerprint density at radius 3 is 2.64 bits per heavy atom. The SMILES string of the molecule is CCO[B]Oc1ccccc1. The van der Waals surface area contributed by atoms with Gasteiger partial charge in [0.2, 0.25) is 0 Å². The van der Waals surface area contributed by atoms with Crippen molar-refractivity contribution in [3.8, 4) is 5.75 Å². The van der Waals surface area contributed by atoms with E-state index >= 15 is 0 Å². The van der Waals surface area contributed by atoms with E-state index in [0.29, 0.717) is 6.61 Å². The summed E-state index contributed by atoms with van der Waals surface area (Å²) in [6.07, 6.45) is 0. The topological polar surface area (TPSA) is 18.5 Å². The summed E-state index contributed by atoms with van der Waals surface area (Å²) in [4.78, 5) is 0. The summed E-state index contributed by atoms with van der Waals surface area (Å²) >= 11 is 0. The Hall–Kier alpha value is -0.955. The van der Waals surface area contributed by atoms with Crippen molar-refractivity contribution in [1.29, 1.82) is 0 Å². The molecule has 0 heterocycles. The molecule has 1 aromatic rings. The molecule has 0 fully saturated rings. The third-order valence-electron chi connectivity index (χ3n) is 1.16. The maximum atomic E-state index is 5.10. The predicted molar refractivity (Wildman–Crippen MR) is 44.5 cm³/mol. The second-order valence-corrected chi connectivity index (χ2v) is 1.98. The number of rotatable bonds is 4. The second kappa shape index (κ2) is 4.80. The molecule has 0 N–H and O–H groups in total. The summed E-state index contributed by atoms with van der Waals surface area (Å²) in [6, 6.07) is 9.50. The standard InChI is InChI=1S/C8H10BO2/c1-2-10-9-11-8-6-4-3-5-7-8/h3-7H,2H2,1H3. The van der Waals surface area contributed by atoms with Gasteiger partial charge in [0.25, 0.3) is 0 Å². The van der Waals surface area contributed by atoms with Gasteiger partial charge in [0.15, 0.2) is 0 Å². The van der Waals surface area contributed by atoms with E-state index in [-0.39, 0.29) is 0 Å². The Morgan fingerprint density at radius 2 is 2.00 bits per heavy atom. The lowest BCUT2D eigenvalue weighted by Gasteiger charge is -2.01. The molecular formula is C8H10BO2. The molecule has 0 aliphatic rings. The molecule has 57 valence electrons. The molecule has 0 saturated heterocycles. The molecule has 3 heteroatoms. The van der Waals surface area contributed by atoms with Crippen LogP contribution in [0.4, 0.5) is 0 Å². The van der Waals surface area contributed by atoms with Gasteiger partial charge in [-0.1, -0.05) is 18.2 Å². The highest BCUT2D eigenvalue weighted by molar-refractivity contribution is 6.19. The average Bonchev–Trinajstić information content (AvgIpc) is 2.07. The van der Waals surface area contributed by atoms with Gasteiger partial charge >= 0.3 is 7.69 Å². The first-order valence-corrected chi connectivity index (χ1v) is 3.58. The fraction of sp³-hybridized carbons (Fsp3) is 0.250. The second-order valence-electron chi connectivity index (χ2n) is 1.98. The van der Waals surface area contributed by atoms with E-state index in [0.717, 1.165) is 5.75 Å². The Labute approximate surface area is 67.4 Å². The molecular weight excluding hydrogens is 139 g/mol. The molecule has 11 heavy (non-hydrogen) atoms. The summed E-state index contributed by atoms with van der Waals surface area (Å²) in [7, 11) is 1.34. The van der Waals surface area contributed by atoms with Gasteiger partial charge in [0.05, 0.1) is 5.75 Å². The van der Waals surface area contributed by atoms with E-state index in [9.17, 15) is 0 Å². The quantitative estimate of drug-likeness (QED) is 0.478. The molecule has 0 saturated carbocycles. The molecule has 0 aromatic heterocycles. The maximum absolute atomic E-state index is 5.10. The zero-order valence-electron chi connectivity index (χ0n) is 6.49. The Kier molecular flexibility index (Phi) is 3.55. The summed E-state index contributed by atoms with van der Waals surface area (Å²) < 4.78 is 9.99. The van der Waals surface area contributed by atoms with Crippen LogP contribution < -0.4 is 4.65 Å². The molecule has 0 bridgehead atoms. The van der Waals surface area contributed by atoms with Crippen molar-refractivity contribution in [2.24, 2.45) is 0 Å². The molecule has 0 spiro atoms. The molecule has 0 amide bonds. The van der Waals surface area contributed by atoms with Gasteiger partial charge in [-0.2, -0.15) is 0 Å². The maximum Gasteiger partial charge on any atom is 0.572 e. The Balaban J connectivity index is 2.28. The zero-order valence-corrected chi connectivity index (χ0v) is 6.49. The van der Waals surface area contributed by atoms with Gasteiger partial charge in [-0.3, -0.25) is 0 Å². The van der Waals surface area contributed by atoms with Crippen molar-refractivity contribution in [2.75, 3.05) is 6.61 Å². The molecule has 1 radical (unpaired) electrons. The summed E-state index contributed by atoms with van der Waals surface area (Å²) in [5, 5.41) is 0. The van der Waals surface area contributed by atoms with Gasteiger partial charge in [-0.25, -0.2) is 0 Å². The van der Waals surface area contributed by atoms with Crippen LogP contribution in [0, 0.1) is 0 Å². The van der Waals surface area contributed by atoms with Crippen molar-refractivity contribution in [3.63, 3.8) is 0 Å². The van der Waals surface area contributed by atoms with Crippen LogP contribution in [0.3, 0.4) is 0 Å². The van der Waals surface area contributed by atoms with Crippen LogP contribution in [0.15, 0.2) is 30.3 Å². The zero-order chi connectivity index (χ0) is 7.94. The van der Waals surface area contributed by atoms with E-state index in [2.05, 4.69) is 0 Å². The lowest BCUT2D eigenvalue weighted by molar-refractivity contribution is 0.308. The summed E-state index contributed by atoms with van der Waals surface area (Å²) in [6.45, 7) is 2.54. The van der Waals surface area contributed by atoms with Crippen LogP contribution in [-0.2, 0) is 4.65 Å². The van der Waals surface area contributed by atoms with Crippen molar-refractivity contribution in [3.05, 3.63) is 30.3 Å². The van der Waals surface area contributed by atoms with Crippen LogP contribution in [0.2, 0.25) is 0 Å². The fourth-order valence-electron chi connectivity index (χ4n) is 0.657. The summed E-state index contributed by atoms with van der Waals surface area (Å²) in [5.74, 6) is 0.793. The van der Waals surface area contributed by atoms with Gasteiger partial charge in [-0.15, -0.1) is 0 Å². The smallest absolute Gasteiger partial charge is 0.537 e. The van der Waals surface area contributed by atoms with Gasteiger partial charge in [0.1, 0.15) is 0 Å². The molecule has 0 aliphatic heterocycles. The van der Waals surface area contributed by atoms with Crippen molar-refractivity contribution >= 4 is 7.69 Å². The minimum Gasteiger partial charge on any atom is -0.537 e. The number of hydrogen-bond acceptors (Lipinski definition) is 2. The highest BCUT2D eigenvalue weighted by Crippen LogP contribution is 2.06. The third-order valence-corrected chi connectivity index (χ3v) is 1.16. The van der Waals surface area contributed by atoms with E-state index in [4.69, 9.17) is 9.31 Å². The lowest BCUT2D eigenvalue weighted by Crippen LogP contribution is -2.06. The number of benzene rings is 1. The van der Waals surface area contributed by atoms with Crippen molar-refractivity contribution < 1.29 is 9.31 Å². The minimum atomic E-state index is 0.632. The molecule has 0 aliphatic carbocycles. The third kappa shape index (κ3) is 3.09. The Bertz CT molecular complexity index is 189. The first kappa shape index (κ1) is 8.14. The minimum absolute atomic E-state index is 0.632. The van der Waals surface area contributed by atoms with Crippen LogP contribution in [0.5, 0.6) is 5.75 Å². The van der Waals surface area contributed by atoms with Crippen molar-refractivity contribution in [1.82, 2.24) is 0 Å². The molecule has 1 rings (SSSR count).